The molecular formula is C31H27N4O3+. The maximum atomic E-state index is 13.8. The molecule has 0 N–H and O–H groups in total. The lowest BCUT2D eigenvalue weighted by molar-refractivity contribution is -0.687. The van der Waals surface area contributed by atoms with Crippen LogP contribution in [0.2, 0.25) is 0 Å². The van der Waals surface area contributed by atoms with Crippen molar-refractivity contribution in [3.63, 3.8) is 0 Å². The van der Waals surface area contributed by atoms with E-state index in [4.69, 9.17) is 14.6 Å². The molecule has 0 radical (unpaired) electrons. The maximum Gasteiger partial charge on any atom is 0.266 e. The third kappa shape index (κ3) is 4.28. The molecule has 0 atom stereocenters. The number of hydrogen-bond donors (Lipinski definition) is 0. The van der Waals surface area contributed by atoms with Gasteiger partial charge in [0.05, 0.1) is 31.0 Å². The van der Waals surface area contributed by atoms with E-state index in [1.807, 2.05) is 100 Å². The lowest BCUT2D eigenvalue weighted by Gasteiger charge is -2.11. The van der Waals surface area contributed by atoms with Gasteiger partial charge >= 0.3 is 0 Å². The highest BCUT2D eigenvalue weighted by Gasteiger charge is 2.19. The van der Waals surface area contributed by atoms with Gasteiger partial charge in [-0.15, -0.1) is 0 Å². The van der Waals surface area contributed by atoms with E-state index in [9.17, 15) is 4.79 Å². The van der Waals surface area contributed by atoms with Gasteiger partial charge < -0.3 is 9.47 Å². The largest absolute Gasteiger partial charge is 0.493 e. The summed E-state index contributed by atoms with van der Waals surface area (Å²) >= 11 is 0. The fraction of sp³-hybridized carbons (Fsp3) is 0.129. The van der Waals surface area contributed by atoms with E-state index in [0.717, 1.165) is 33.7 Å². The second-order valence-electron chi connectivity index (χ2n) is 9.15. The van der Waals surface area contributed by atoms with E-state index >= 15 is 0 Å². The van der Waals surface area contributed by atoms with E-state index < -0.39 is 0 Å². The number of ether oxygens (including phenoxy) is 2. The van der Waals surface area contributed by atoms with Crippen molar-refractivity contribution in [1.29, 1.82) is 0 Å². The molecular weight excluding hydrogens is 476 g/mol. The smallest absolute Gasteiger partial charge is 0.266 e. The van der Waals surface area contributed by atoms with Crippen LogP contribution in [0, 0.1) is 0 Å². The number of para-hydroxylation sites is 1. The quantitative estimate of drug-likeness (QED) is 0.299. The average Bonchev–Trinajstić information content (AvgIpc) is 3.37. The van der Waals surface area contributed by atoms with Crippen molar-refractivity contribution in [3.8, 4) is 17.2 Å². The van der Waals surface area contributed by atoms with E-state index in [1.54, 1.807) is 18.8 Å². The Morgan fingerprint density at radius 2 is 1.55 bits per heavy atom. The molecule has 0 saturated carbocycles. The van der Waals surface area contributed by atoms with Gasteiger partial charge in [0.25, 0.3) is 5.56 Å². The van der Waals surface area contributed by atoms with E-state index in [-0.39, 0.29) is 5.56 Å². The van der Waals surface area contributed by atoms with Gasteiger partial charge in [0.1, 0.15) is 11.2 Å². The SMILES string of the molecule is COc1ccc(C[n+]2ccc3c(=O)n(-c4ccccc4)c4cc(Cc5ccccc5)nn4c3c2)cc1OC. The molecule has 3 aromatic heterocycles. The first kappa shape index (κ1) is 23.5. The Morgan fingerprint density at radius 1 is 0.816 bits per heavy atom. The highest BCUT2D eigenvalue weighted by molar-refractivity contribution is 5.79. The average molecular weight is 504 g/mol. The lowest BCUT2D eigenvalue weighted by atomic mass is 10.1. The Kier molecular flexibility index (Phi) is 6.09. The summed E-state index contributed by atoms with van der Waals surface area (Å²) in [5.41, 5.74) is 5.30. The first-order chi connectivity index (χ1) is 18.6. The Hall–Kier alpha value is -4.91. The summed E-state index contributed by atoms with van der Waals surface area (Å²) in [5.74, 6) is 1.36. The van der Waals surface area contributed by atoms with Gasteiger partial charge in [-0.1, -0.05) is 48.5 Å². The van der Waals surface area contributed by atoms with Gasteiger partial charge in [-0.3, -0.25) is 9.36 Å². The summed E-state index contributed by atoms with van der Waals surface area (Å²) in [5, 5.41) is 5.57. The molecule has 7 heteroatoms. The van der Waals surface area contributed by atoms with Gasteiger partial charge in [-0.05, 0) is 35.9 Å². The van der Waals surface area contributed by atoms with Crippen molar-refractivity contribution >= 4 is 16.6 Å². The van der Waals surface area contributed by atoms with Gasteiger partial charge in [0, 0.05) is 24.1 Å². The van der Waals surface area contributed by atoms with Crippen LogP contribution in [-0.2, 0) is 13.0 Å². The van der Waals surface area contributed by atoms with Crippen LogP contribution in [0.25, 0.3) is 22.2 Å². The van der Waals surface area contributed by atoms with Crippen molar-refractivity contribution in [1.82, 2.24) is 14.2 Å². The maximum absolute atomic E-state index is 13.8. The van der Waals surface area contributed by atoms with Crippen LogP contribution in [0.15, 0.2) is 108 Å². The van der Waals surface area contributed by atoms with Gasteiger partial charge in [0.15, 0.2) is 30.4 Å². The van der Waals surface area contributed by atoms with Crippen LogP contribution in [0.4, 0.5) is 0 Å². The minimum Gasteiger partial charge on any atom is -0.493 e. The van der Waals surface area contributed by atoms with Crippen LogP contribution in [0.1, 0.15) is 16.8 Å². The standard InChI is InChI=1S/C31H27N4O3/c1-37-28-14-13-23(18-29(28)38-2)20-33-16-15-26-27(21-33)35-30(34(31(26)36)25-11-7-4-8-12-25)19-24(32-35)17-22-9-5-3-6-10-22/h3-16,18-19,21H,17,20H2,1-2H3/q+1. The van der Waals surface area contributed by atoms with Gasteiger partial charge in [-0.25, -0.2) is 4.52 Å². The topological polar surface area (TPSA) is 61.6 Å². The van der Waals surface area contributed by atoms with Crippen molar-refractivity contribution in [2.75, 3.05) is 14.2 Å². The Labute approximate surface area is 219 Å². The zero-order chi connectivity index (χ0) is 26.1. The number of rotatable bonds is 7. The van der Waals surface area contributed by atoms with Crippen LogP contribution in [-0.4, -0.2) is 28.4 Å². The molecule has 7 nitrogen and oxygen atoms in total. The first-order valence-electron chi connectivity index (χ1n) is 12.4. The minimum absolute atomic E-state index is 0.0804. The summed E-state index contributed by atoms with van der Waals surface area (Å²) in [7, 11) is 3.25. The second kappa shape index (κ2) is 9.86. The molecule has 6 aromatic rings. The fourth-order valence-corrected chi connectivity index (χ4v) is 4.86. The Morgan fingerprint density at radius 3 is 2.29 bits per heavy atom. The highest BCUT2D eigenvalue weighted by atomic mass is 16.5. The monoisotopic (exact) mass is 503 g/mol. The summed E-state index contributed by atoms with van der Waals surface area (Å²) in [6.07, 6.45) is 4.58. The normalized spacial score (nSPS) is 11.2. The van der Waals surface area contributed by atoms with E-state index in [1.165, 1.54) is 0 Å². The third-order valence-corrected chi connectivity index (χ3v) is 6.68. The molecule has 3 aromatic carbocycles. The van der Waals surface area contributed by atoms with Gasteiger partial charge in [0.2, 0.25) is 0 Å². The number of pyridine rings is 1. The van der Waals surface area contributed by atoms with Gasteiger partial charge in [-0.2, -0.15) is 9.67 Å². The summed E-state index contributed by atoms with van der Waals surface area (Å²) in [4.78, 5) is 13.8. The number of nitrogens with zero attached hydrogens (tertiary/aromatic N) is 4. The third-order valence-electron chi connectivity index (χ3n) is 6.68. The van der Waals surface area contributed by atoms with Crippen molar-refractivity contribution in [3.05, 3.63) is 131 Å². The number of hydrogen-bond acceptors (Lipinski definition) is 4. The van der Waals surface area contributed by atoms with Crippen LogP contribution >= 0.6 is 0 Å². The molecule has 38 heavy (non-hydrogen) atoms. The molecule has 0 aliphatic heterocycles. The van der Waals surface area contributed by atoms with Crippen molar-refractivity contribution < 1.29 is 14.0 Å². The molecule has 0 amide bonds. The van der Waals surface area contributed by atoms with Crippen LogP contribution < -0.4 is 19.6 Å². The van der Waals surface area contributed by atoms with E-state index in [0.29, 0.717) is 29.9 Å². The number of benzene rings is 3. The minimum atomic E-state index is -0.0804. The molecule has 0 spiro atoms. The first-order valence-corrected chi connectivity index (χ1v) is 12.4. The zero-order valence-electron chi connectivity index (χ0n) is 21.2. The van der Waals surface area contributed by atoms with Crippen LogP contribution in [0.5, 0.6) is 11.5 Å². The van der Waals surface area contributed by atoms with Crippen molar-refractivity contribution in [2.24, 2.45) is 0 Å². The number of methoxy groups -OCH3 is 2. The summed E-state index contributed by atoms with van der Waals surface area (Å²) in [6, 6.07) is 29.7. The fourth-order valence-electron chi connectivity index (χ4n) is 4.86. The summed E-state index contributed by atoms with van der Waals surface area (Å²) in [6.45, 7) is 0.595. The molecule has 0 aliphatic carbocycles. The Balaban J connectivity index is 1.51. The predicted octanol–water partition coefficient (Wildman–Crippen LogP) is 4.58. The number of fused-ring (bicyclic) bond motifs is 3. The highest BCUT2D eigenvalue weighted by Crippen LogP contribution is 2.27. The molecule has 3 heterocycles. The van der Waals surface area contributed by atoms with Crippen LogP contribution in [0.3, 0.4) is 0 Å². The zero-order valence-corrected chi connectivity index (χ0v) is 21.2. The lowest BCUT2D eigenvalue weighted by Crippen LogP contribution is -2.34. The predicted molar refractivity (Wildman–Crippen MR) is 146 cm³/mol. The van der Waals surface area contributed by atoms with E-state index in [2.05, 4.69) is 12.1 Å². The molecule has 188 valence electrons. The number of aromatic nitrogens is 4. The molecule has 0 unspecified atom stereocenters. The molecule has 0 aliphatic rings. The van der Waals surface area contributed by atoms with Crippen molar-refractivity contribution in [2.45, 2.75) is 13.0 Å². The Bertz CT molecular complexity index is 1810. The summed E-state index contributed by atoms with van der Waals surface area (Å²) < 4.78 is 16.5. The molecule has 0 fully saturated rings. The molecule has 0 saturated heterocycles. The second-order valence-corrected chi connectivity index (χ2v) is 9.15. The molecule has 0 bridgehead atoms. The molecule has 6 rings (SSSR count).